The van der Waals surface area contributed by atoms with E-state index in [1.54, 1.807) is 31.2 Å². The van der Waals surface area contributed by atoms with Gasteiger partial charge in [0.15, 0.2) is 0 Å². The minimum absolute atomic E-state index is 0.0720. The highest BCUT2D eigenvalue weighted by atomic mass is 16.2. The van der Waals surface area contributed by atoms with Crippen LogP contribution in [0.3, 0.4) is 0 Å². The van der Waals surface area contributed by atoms with Crippen molar-refractivity contribution in [3.63, 3.8) is 0 Å². The molecule has 3 aromatic rings. The molecule has 134 valence electrons. The van der Waals surface area contributed by atoms with E-state index in [4.69, 9.17) is 0 Å². The minimum Gasteiger partial charge on any atom is -0.361 e. The lowest BCUT2D eigenvalue weighted by molar-refractivity contribution is -0.115. The first-order valence-electron chi connectivity index (χ1n) is 8.81. The predicted octanol–water partition coefficient (Wildman–Crippen LogP) is 3.80. The van der Waals surface area contributed by atoms with Crippen molar-refractivity contribution in [2.45, 2.75) is 26.7 Å². The Hall–Kier alpha value is -3.08. The van der Waals surface area contributed by atoms with Gasteiger partial charge in [-0.1, -0.05) is 24.6 Å². The van der Waals surface area contributed by atoms with Crippen LogP contribution in [0.4, 0.5) is 5.69 Å². The van der Waals surface area contributed by atoms with Gasteiger partial charge in [0.25, 0.3) is 5.91 Å². The van der Waals surface area contributed by atoms with Crippen molar-refractivity contribution in [3.05, 3.63) is 65.4 Å². The smallest absolute Gasteiger partial charge is 0.251 e. The molecular weight excluding hydrogens is 326 g/mol. The van der Waals surface area contributed by atoms with Crippen molar-refractivity contribution in [2.24, 2.45) is 0 Å². The third-order valence-electron chi connectivity index (χ3n) is 4.33. The fourth-order valence-electron chi connectivity index (χ4n) is 2.90. The summed E-state index contributed by atoms with van der Waals surface area (Å²) in [7, 11) is 0. The average Bonchev–Trinajstić information content (AvgIpc) is 3.04. The van der Waals surface area contributed by atoms with E-state index < -0.39 is 0 Å². The molecule has 5 nitrogen and oxygen atoms in total. The number of nitrogens with one attached hydrogen (secondary N) is 3. The number of H-pyrrole nitrogens is 1. The minimum atomic E-state index is -0.145. The molecule has 0 radical (unpaired) electrons. The van der Waals surface area contributed by atoms with Gasteiger partial charge in [0, 0.05) is 41.3 Å². The van der Waals surface area contributed by atoms with Gasteiger partial charge in [-0.15, -0.1) is 0 Å². The molecule has 2 amide bonds. The lowest BCUT2D eigenvalue weighted by atomic mass is 10.1. The molecule has 0 bridgehead atoms. The number of anilines is 1. The molecule has 5 heteroatoms. The SMILES string of the molecule is CCC(=O)Nc1cccc(C(=O)NCCc2c[nH]c3ccc(C)cc23)c1. The Morgan fingerprint density at radius 2 is 1.96 bits per heavy atom. The lowest BCUT2D eigenvalue weighted by Crippen LogP contribution is -2.25. The number of hydrogen-bond acceptors (Lipinski definition) is 2. The Bertz CT molecular complexity index is 943. The summed E-state index contributed by atoms with van der Waals surface area (Å²) in [6, 6.07) is 13.3. The monoisotopic (exact) mass is 349 g/mol. The predicted molar refractivity (Wildman–Crippen MR) is 104 cm³/mol. The molecule has 0 unspecified atom stereocenters. The molecule has 3 N–H and O–H groups in total. The van der Waals surface area contributed by atoms with E-state index in [0.717, 1.165) is 11.9 Å². The van der Waals surface area contributed by atoms with Crippen molar-refractivity contribution >= 4 is 28.4 Å². The van der Waals surface area contributed by atoms with E-state index in [2.05, 4.69) is 40.7 Å². The van der Waals surface area contributed by atoms with Gasteiger partial charge in [-0.3, -0.25) is 9.59 Å². The zero-order valence-electron chi connectivity index (χ0n) is 15.1. The van der Waals surface area contributed by atoms with Crippen LogP contribution in [-0.2, 0) is 11.2 Å². The van der Waals surface area contributed by atoms with Gasteiger partial charge in [0.05, 0.1) is 0 Å². The lowest BCUT2D eigenvalue weighted by Gasteiger charge is -2.08. The van der Waals surface area contributed by atoms with Gasteiger partial charge < -0.3 is 15.6 Å². The standard InChI is InChI=1S/C21H23N3O2/c1-3-20(25)24-17-6-4-5-15(12-17)21(26)22-10-9-16-13-23-19-8-7-14(2)11-18(16)19/h4-8,11-13,23H,3,9-10H2,1-2H3,(H,22,26)(H,24,25). The molecule has 0 aliphatic heterocycles. The number of aromatic nitrogens is 1. The van der Waals surface area contributed by atoms with E-state index in [1.807, 2.05) is 6.20 Å². The fraction of sp³-hybridized carbons (Fsp3) is 0.238. The van der Waals surface area contributed by atoms with Crippen LogP contribution in [0.5, 0.6) is 0 Å². The molecule has 2 aromatic carbocycles. The highest BCUT2D eigenvalue weighted by Gasteiger charge is 2.08. The maximum Gasteiger partial charge on any atom is 0.251 e. The van der Waals surface area contributed by atoms with Crippen molar-refractivity contribution in [1.29, 1.82) is 0 Å². The summed E-state index contributed by atoms with van der Waals surface area (Å²) in [6.45, 7) is 4.41. The highest BCUT2D eigenvalue weighted by Crippen LogP contribution is 2.20. The van der Waals surface area contributed by atoms with Crippen LogP contribution in [0, 0.1) is 6.92 Å². The number of aryl methyl sites for hydroxylation is 1. The number of hydrogen-bond donors (Lipinski definition) is 3. The number of benzene rings is 2. The number of aromatic amines is 1. The topological polar surface area (TPSA) is 74.0 Å². The first-order chi connectivity index (χ1) is 12.6. The third-order valence-corrected chi connectivity index (χ3v) is 4.33. The van der Waals surface area contributed by atoms with Crippen LogP contribution in [0.1, 0.15) is 34.8 Å². The summed E-state index contributed by atoms with van der Waals surface area (Å²) in [5, 5.41) is 6.91. The highest BCUT2D eigenvalue weighted by molar-refractivity contribution is 5.97. The Kier molecular flexibility index (Phi) is 5.37. The molecule has 26 heavy (non-hydrogen) atoms. The molecule has 1 heterocycles. The second-order valence-electron chi connectivity index (χ2n) is 6.35. The Balaban J connectivity index is 1.61. The van der Waals surface area contributed by atoms with Crippen LogP contribution < -0.4 is 10.6 Å². The summed E-state index contributed by atoms with van der Waals surface area (Å²) in [6.07, 6.45) is 3.15. The molecule has 0 saturated carbocycles. The summed E-state index contributed by atoms with van der Waals surface area (Å²) < 4.78 is 0. The molecule has 0 fully saturated rings. The summed E-state index contributed by atoms with van der Waals surface area (Å²) >= 11 is 0. The van der Waals surface area contributed by atoms with Crippen LogP contribution in [0.2, 0.25) is 0 Å². The fourth-order valence-corrected chi connectivity index (χ4v) is 2.90. The van der Waals surface area contributed by atoms with Crippen LogP contribution in [0.15, 0.2) is 48.7 Å². The number of amides is 2. The largest absolute Gasteiger partial charge is 0.361 e. The van der Waals surface area contributed by atoms with Crippen LogP contribution in [-0.4, -0.2) is 23.3 Å². The first kappa shape index (κ1) is 17.7. The Morgan fingerprint density at radius 3 is 2.77 bits per heavy atom. The molecule has 0 atom stereocenters. The molecule has 1 aromatic heterocycles. The van der Waals surface area contributed by atoms with Gasteiger partial charge in [-0.25, -0.2) is 0 Å². The number of carbonyl (C=O) groups is 2. The van der Waals surface area contributed by atoms with Gasteiger partial charge in [-0.2, -0.15) is 0 Å². The van der Waals surface area contributed by atoms with Gasteiger partial charge in [-0.05, 0) is 49.2 Å². The molecule has 0 saturated heterocycles. The first-order valence-corrected chi connectivity index (χ1v) is 8.81. The molecule has 3 rings (SSSR count). The quantitative estimate of drug-likeness (QED) is 0.633. The second-order valence-corrected chi connectivity index (χ2v) is 6.35. The van der Waals surface area contributed by atoms with Gasteiger partial charge in [0.2, 0.25) is 5.91 Å². The maximum atomic E-state index is 12.4. The Labute approximate surface area is 152 Å². The van der Waals surface area contributed by atoms with E-state index >= 15 is 0 Å². The second kappa shape index (κ2) is 7.87. The number of rotatable bonds is 6. The number of carbonyl (C=O) groups excluding carboxylic acids is 2. The van der Waals surface area contributed by atoms with Crippen LogP contribution >= 0.6 is 0 Å². The van der Waals surface area contributed by atoms with Gasteiger partial charge in [0.1, 0.15) is 0 Å². The van der Waals surface area contributed by atoms with E-state index in [1.165, 1.54) is 16.5 Å². The van der Waals surface area contributed by atoms with Crippen molar-refractivity contribution in [3.8, 4) is 0 Å². The third kappa shape index (κ3) is 4.11. The van der Waals surface area contributed by atoms with E-state index in [0.29, 0.717) is 24.2 Å². The van der Waals surface area contributed by atoms with E-state index in [9.17, 15) is 9.59 Å². The van der Waals surface area contributed by atoms with Gasteiger partial charge >= 0.3 is 0 Å². The van der Waals surface area contributed by atoms with Crippen molar-refractivity contribution < 1.29 is 9.59 Å². The molecule has 0 spiro atoms. The zero-order chi connectivity index (χ0) is 18.5. The van der Waals surface area contributed by atoms with Crippen molar-refractivity contribution in [1.82, 2.24) is 10.3 Å². The Morgan fingerprint density at radius 1 is 1.12 bits per heavy atom. The molecule has 0 aliphatic rings. The normalized spacial score (nSPS) is 10.7. The number of fused-ring (bicyclic) bond motifs is 1. The molecule has 0 aliphatic carbocycles. The summed E-state index contributed by atoms with van der Waals surface area (Å²) in [4.78, 5) is 27.1. The summed E-state index contributed by atoms with van der Waals surface area (Å²) in [5.41, 5.74) is 4.68. The molecular formula is C21H23N3O2. The zero-order valence-corrected chi connectivity index (χ0v) is 15.1. The van der Waals surface area contributed by atoms with E-state index in [-0.39, 0.29) is 11.8 Å². The van der Waals surface area contributed by atoms with Crippen molar-refractivity contribution in [2.75, 3.05) is 11.9 Å². The van der Waals surface area contributed by atoms with Crippen LogP contribution in [0.25, 0.3) is 10.9 Å². The maximum absolute atomic E-state index is 12.4. The summed E-state index contributed by atoms with van der Waals surface area (Å²) in [5.74, 6) is -0.217. The average molecular weight is 349 g/mol.